The van der Waals surface area contributed by atoms with Crippen LogP contribution in [0.4, 0.5) is 4.39 Å². The fourth-order valence-corrected chi connectivity index (χ4v) is 4.01. The average Bonchev–Trinajstić information content (AvgIpc) is 3.22. The lowest BCUT2D eigenvalue weighted by molar-refractivity contribution is -0.135. The summed E-state index contributed by atoms with van der Waals surface area (Å²) in [5, 5.41) is 0. The van der Waals surface area contributed by atoms with E-state index in [1.54, 1.807) is 19.4 Å². The van der Waals surface area contributed by atoms with Gasteiger partial charge in [0.05, 0.1) is 19.7 Å². The van der Waals surface area contributed by atoms with E-state index < -0.39 is 0 Å². The molecule has 1 fully saturated rings. The van der Waals surface area contributed by atoms with E-state index in [1.165, 1.54) is 12.1 Å². The largest absolute Gasteiger partial charge is 0.496 e. The van der Waals surface area contributed by atoms with Gasteiger partial charge in [0.1, 0.15) is 23.4 Å². The molecular weight excluding hydrogens is 383 g/mol. The van der Waals surface area contributed by atoms with Crippen molar-refractivity contribution in [2.75, 3.05) is 13.7 Å². The molecule has 30 heavy (non-hydrogen) atoms. The number of aromatic nitrogens is 1. The molecule has 156 valence electrons. The van der Waals surface area contributed by atoms with Crippen LogP contribution in [0.1, 0.15) is 48.1 Å². The van der Waals surface area contributed by atoms with Crippen LogP contribution in [-0.2, 0) is 17.6 Å². The first-order valence-electron chi connectivity index (χ1n) is 10.2. The molecule has 1 aliphatic heterocycles. The standard InChI is InChI=1S/C24H25FN2O3/c1-29-22-11-3-2-8-18(22)15-23(28)27-12-5-4-10-21(27)24-26-16-20(30-24)14-17-7-6-9-19(25)13-17/h2-3,6-9,11,13,16,21H,4-5,10,12,14-15H2,1H3. The zero-order chi connectivity index (χ0) is 20.9. The lowest BCUT2D eigenvalue weighted by atomic mass is 10.0. The molecule has 6 heteroatoms. The zero-order valence-electron chi connectivity index (χ0n) is 17.0. The van der Waals surface area contributed by atoms with Crippen LogP contribution in [-0.4, -0.2) is 29.4 Å². The predicted molar refractivity (Wildman–Crippen MR) is 111 cm³/mol. The molecule has 1 amide bonds. The molecule has 1 aliphatic rings. The summed E-state index contributed by atoms with van der Waals surface area (Å²) in [6.45, 7) is 0.681. The van der Waals surface area contributed by atoms with Gasteiger partial charge in [0.2, 0.25) is 11.8 Å². The highest BCUT2D eigenvalue weighted by molar-refractivity contribution is 5.80. The van der Waals surface area contributed by atoms with Gasteiger partial charge in [-0.1, -0.05) is 30.3 Å². The second-order valence-corrected chi connectivity index (χ2v) is 7.56. The van der Waals surface area contributed by atoms with Crippen LogP contribution in [0.2, 0.25) is 0 Å². The van der Waals surface area contributed by atoms with Crippen LogP contribution in [0.25, 0.3) is 0 Å². The summed E-state index contributed by atoms with van der Waals surface area (Å²) >= 11 is 0. The van der Waals surface area contributed by atoms with Crippen molar-refractivity contribution in [2.24, 2.45) is 0 Å². The summed E-state index contributed by atoms with van der Waals surface area (Å²) in [6.07, 6.45) is 5.22. The van der Waals surface area contributed by atoms with E-state index in [2.05, 4.69) is 4.98 Å². The first-order chi connectivity index (χ1) is 14.6. The van der Waals surface area contributed by atoms with Crippen molar-refractivity contribution in [2.45, 2.75) is 38.1 Å². The van der Waals surface area contributed by atoms with Crippen LogP contribution < -0.4 is 4.74 Å². The second-order valence-electron chi connectivity index (χ2n) is 7.56. The maximum atomic E-state index is 13.4. The van der Waals surface area contributed by atoms with Gasteiger partial charge in [0, 0.05) is 18.5 Å². The van der Waals surface area contributed by atoms with Crippen LogP contribution >= 0.6 is 0 Å². The summed E-state index contributed by atoms with van der Waals surface area (Å²) in [5.74, 6) is 1.70. The summed E-state index contributed by atoms with van der Waals surface area (Å²) in [7, 11) is 1.61. The fraction of sp³-hybridized carbons (Fsp3) is 0.333. The minimum atomic E-state index is -0.271. The van der Waals surface area contributed by atoms with Gasteiger partial charge in [-0.3, -0.25) is 4.79 Å². The number of hydrogen-bond acceptors (Lipinski definition) is 4. The highest BCUT2D eigenvalue weighted by Crippen LogP contribution is 2.32. The number of oxazole rings is 1. The third-order valence-electron chi connectivity index (χ3n) is 5.48. The van der Waals surface area contributed by atoms with Crippen LogP contribution in [0.3, 0.4) is 0 Å². The summed E-state index contributed by atoms with van der Waals surface area (Å²) < 4.78 is 24.8. The van der Waals surface area contributed by atoms with E-state index in [0.717, 1.165) is 30.4 Å². The van der Waals surface area contributed by atoms with Crippen molar-refractivity contribution in [3.63, 3.8) is 0 Å². The Kier molecular flexibility index (Phi) is 6.12. The summed E-state index contributed by atoms with van der Waals surface area (Å²) in [6, 6.07) is 13.9. The molecule has 2 heterocycles. The maximum Gasteiger partial charge on any atom is 0.227 e. The molecule has 0 spiro atoms. The number of carbonyl (C=O) groups excluding carboxylic acids is 1. The Morgan fingerprint density at radius 1 is 1.23 bits per heavy atom. The summed E-state index contributed by atoms with van der Waals surface area (Å²) in [4.78, 5) is 19.4. The van der Waals surface area contributed by atoms with E-state index in [4.69, 9.17) is 9.15 Å². The van der Waals surface area contributed by atoms with Crippen molar-refractivity contribution in [1.29, 1.82) is 0 Å². The number of ether oxygens (including phenoxy) is 1. The number of methoxy groups -OCH3 is 1. The number of piperidine rings is 1. The Hall–Kier alpha value is -3.15. The number of hydrogen-bond donors (Lipinski definition) is 0. The maximum absolute atomic E-state index is 13.4. The fourth-order valence-electron chi connectivity index (χ4n) is 4.01. The number of para-hydroxylation sites is 1. The number of rotatable bonds is 6. The number of nitrogens with zero attached hydrogens (tertiary/aromatic N) is 2. The molecule has 4 rings (SSSR count). The molecule has 1 aromatic heterocycles. The monoisotopic (exact) mass is 408 g/mol. The molecule has 0 radical (unpaired) electrons. The Bertz CT molecular complexity index is 1020. The van der Waals surface area contributed by atoms with Crippen molar-refractivity contribution in [1.82, 2.24) is 9.88 Å². The van der Waals surface area contributed by atoms with Crippen molar-refractivity contribution in [3.8, 4) is 5.75 Å². The first-order valence-corrected chi connectivity index (χ1v) is 10.2. The molecule has 0 bridgehead atoms. The third kappa shape index (κ3) is 4.53. The minimum Gasteiger partial charge on any atom is -0.496 e. The van der Waals surface area contributed by atoms with E-state index >= 15 is 0 Å². The number of benzene rings is 2. The van der Waals surface area contributed by atoms with Crippen LogP contribution in [0.5, 0.6) is 5.75 Å². The molecular formula is C24H25FN2O3. The third-order valence-corrected chi connectivity index (χ3v) is 5.48. The molecule has 1 saturated heterocycles. The van der Waals surface area contributed by atoms with Gasteiger partial charge in [-0.25, -0.2) is 9.37 Å². The predicted octanol–water partition coefficient (Wildman–Crippen LogP) is 4.71. The lowest BCUT2D eigenvalue weighted by Gasteiger charge is -2.34. The number of amides is 1. The van der Waals surface area contributed by atoms with Gasteiger partial charge in [-0.2, -0.15) is 0 Å². The zero-order valence-corrected chi connectivity index (χ0v) is 17.0. The highest BCUT2D eigenvalue weighted by Gasteiger charge is 2.31. The van der Waals surface area contributed by atoms with Gasteiger partial charge in [-0.15, -0.1) is 0 Å². The van der Waals surface area contributed by atoms with Gasteiger partial charge >= 0.3 is 0 Å². The van der Waals surface area contributed by atoms with E-state index in [-0.39, 0.29) is 24.2 Å². The van der Waals surface area contributed by atoms with Gasteiger partial charge in [-0.05, 0) is 43.0 Å². The number of halogens is 1. The smallest absolute Gasteiger partial charge is 0.227 e. The highest BCUT2D eigenvalue weighted by atomic mass is 19.1. The second kappa shape index (κ2) is 9.11. The molecule has 0 aliphatic carbocycles. The quantitative estimate of drug-likeness (QED) is 0.593. The number of likely N-dealkylation sites (tertiary alicyclic amines) is 1. The van der Waals surface area contributed by atoms with Crippen molar-refractivity contribution in [3.05, 3.63) is 83.3 Å². The van der Waals surface area contributed by atoms with E-state index in [1.807, 2.05) is 35.2 Å². The molecule has 5 nitrogen and oxygen atoms in total. The Morgan fingerprint density at radius 3 is 2.93 bits per heavy atom. The Labute approximate surface area is 175 Å². The first kappa shape index (κ1) is 20.1. The molecule has 0 N–H and O–H groups in total. The lowest BCUT2D eigenvalue weighted by Crippen LogP contribution is -2.39. The SMILES string of the molecule is COc1ccccc1CC(=O)N1CCCCC1c1ncc(Cc2cccc(F)c2)o1. The van der Waals surface area contributed by atoms with Crippen molar-refractivity contribution < 1.29 is 18.3 Å². The molecule has 1 unspecified atom stereocenters. The normalized spacial score (nSPS) is 16.5. The van der Waals surface area contributed by atoms with Crippen LogP contribution in [0, 0.1) is 5.82 Å². The average molecular weight is 408 g/mol. The van der Waals surface area contributed by atoms with Gasteiger partial charge in [0.25, 0.3) is 0 Å². The molecule has 2 aromatic carbocycles. The minimum absolute atomic E-state index is 0.0362. The topological polar surface area (TPSA) is 55.6 Å². The number of carbonyl (C=O) groups is 1. The Balaban J connectivity index is 1.50. The van der Waals surface area contributed by atoms with Crippen molar-refractivity contribution >= 4 is 5.91 Å². The van der Waals surface area contributed by atoms with Gasteiger partial charge < -0.3 is 14.1 Å². The molecule has 3 aromatic rings. The Morgan fingerprint density at radius 2 is 2.10 bits per heavy atom. The van der Waals surface area contributed by atoms with Gasteiger partial charge in [0.15, 0.2) is 0 Å². The van der Waals surface area contributed by atoms with E-state index in [0.29, 0.717) is 30.4 Å². The summed E-state index contributed by atoms with van der Waals surface area (Å²) in [5.41, 5.74) is 1.69. The molecule has 0 saturated carbocycles. The molecule has 1 atom stereocenters. The van der Waals surface area contributed by atoms with E-state index in [9.17, 15) is 9.18 Å². The van der Waals surface area contributed by atoms with Crippen LogP contribution in [0.15, 0.2) is 59.1 Å².